The number of carboxylic acids is 1. The first-order valence-corrected chi connectivity index (χ1v) is 8.03. The molecule has 0 unspecified atom stereocenters. The number of carbonyl (C=O) groups is 3. The Bertz CT molecular complexity index is 640. The summed E-state index contributed by atoms with van der Waals surface area (Å²) in [5, 5.41) is 11.9. The van der Waals surface area contributed by atoms with Crippen LogP contribution in [0.3, 0.4) is 0 Å². The molecule has 1 aliphatic rings. The lowest BCUT2D eigenvalue weighted by Crippen LogP contribution is -2.49. The number of amides is 1. The van der Waals surface area contributed by atoms with Crippen LogP contribution in [0.5, 0.6) is 0 Å². The first-order valence-electron chi connectivity index (χ1n) is 8.03. The third-order valence-corrected chi connectivity index (χ3v) is 4.73. The second-order valence-corrected chi connectivity index (χ2v) is 6.14. The molecule has 0 saturated carbocycles. The van der Waals surface area contributed by atoms with Gasteiger partial charge < -0.3 is 14.8 Å². The van der Waals surface area contributed by atoms with Crippen molar-refractivity contribution in [2.45, 2.75) is 64.8 Å². The summed E-state index contributed by atoms with van der Waals surface area (Å²) in [6, 6.07) is 0. The van der Waals surface area contributed by atoms with E-state index in [1.807, 2.05) is 13.8 Å². The van der Waals surface area contributed by atoms with E-state index in [-0.39, 0.29) is 18.0 Å². The predicted molar refractivity (Wildman–Crippen MR) is 83.7 cm³/mol. The Morgan fingerprint density at radius 2 is 1.91 bits per heavy atom. The molecule has 0 bridgehead atoms. The number of aryl methyl sites for hydroxylation is 1. The van der Waals surface area contributed by atoms with Gasteiger partial charge in [-0.05, 0) is 26.2 Å². The molecule has 126 valence electrons. The van der Waals surface area contributed by atoms with Crippen molar-refractivity contribution < 1.29 is 23.9 Å². The average molecular weight is 321 g/mol. The molecule has 1 amide bonds. The molecular weight excluding hydrogens is 298 g/mol. The molecule has 6 heteroatoms. The van der Waals surface area contributed by atoms with Crippen molar-refractivity contribution >= 4 is 17.7 Å². The van der Waals surface area contributed by atoms with Gasteiger partial charge in [0, 0.05) is 18.4 Å². The number of fused-ring (bicyclic) bond motifs is 1. The topological polar surface area (TPSA) is 96.6 Å². The van der Waals surface area contributed by atoms with E-state index in [2.05, 4.69) is 5.32 Å². The van der Waals surface area contributed by atoms with Gasteiger partial charge in [-0.15, -0.1) is 0 Å². The third-order valence-electron chi connectivity index (χ3n) is 4.73. The molecule has 6 nitrogen and oxygen atoms in total. The minimum atomic E-state index is -0.959. The summed E-state index contributed by atoms with van der Waals surface area (Å²) in [5.74, 6) is -0.703. The van der Waals surface area contributed by atoms with E-state index < -0.39 is 17.4 Å². The molecule has 0 saturated heterocycles. The molecule has 23 heavy (non-hydrogen) atoms. The zero-order valence-electron chi connectivity index (χ0n) is 13.8. The molecule has 1 aromatic rings. The van der Waals surface area contributed by atoms with Crippen LogP contribution < -0.4 is 5.32 Å². The number of carbonyl (C=O) groups excluding carboxylic acids is 2. The van der Waals surface area contributed by atoms with Crippen molar-refractivity contribution in [2.75, 3.05) is 0 Å². The van der Waals surface area contributed by atoms with Crippen LogP contribution in [0.2, 0.25) is 0 Å². The van der Waals surface area contributed by atoms with Gasteiger partial charge in [-0.1, -0.05) is 13.8 Å². The molecule has 2 N–H and O–H groups in total. The van der Waals surface area contributed by atoms with Crippen LogP contribution >= 0.6 is 0 Å². The zero-order valence-corrected chi connectivity index (χ0v) is 13.8. The van der Waals surface area contributed by atoms with Gasteiger partial charge in [0.2, 0.25) is 0 Å². The molecule has 0 radical (unpaired) electrons. The van der Waals surface area contributed by atoms with E-state index >= 15 is 0 Å². The second-order valence-electron chi connectivity index (χ2n) is 6.14. The van der Waals surface area contributed by atoms with Gasteiger partial charge in [0.15, 0.2) is 11.5 Å². The lowest BCUT2D eigenvalue weighted by Gasteiger charge is -2.31. The number of aliphatic carboxylic acids is 1. The Morgan fingerprint density at radius 1 is 1.26 bits per heavy atom. The summed E-state index contributed by atoms with van der Waals surface area (Å²) in [4.78, 5) is 35.7. The lowest BCUT2D eigenvalue weighted by molar-refractivity contribution is -0.138. The van der Waals surface area contributed by atoms with Crippen molar-refractivity contribution in [3.05, 3.63) is 22.6 Å². The highest BCUT2D eigenvalue weighted by molar-refractivity contribution is 6.03. The lowest BCUT2D eigenvalue weighted by atomic mass is 9.88. The van der Waals surface area contributed by atoms with Crippen LogP contribution in [0.15, 0.2) is 4.42 Å². The number of carboxylic acid groups (broad SMARTS) is 1. The maximum absolute atomic E-state index is 12.6. The van der Waals surface area contributed by atoms with Gasteiger partial charge >= 0.3 is 5.97 Å². The van der Waals surface area contributed by atoms with E-state index in [0.29, 0.717) is 42.6 Å². The Labute approximate surface area is 135 Å². The number of hydrogen-bond acceptors (Lipinski definition) is 4. The molecule has 0 atom stereocenters. The number of hydrogen-bond donors (Lipinski definition) is 2. The fraction of sp³-hybridized carbons (Fsp3) is 0.588. The Kier molecular flexibility index (Phi) is 4.92. The van der Waals surface area contributed by atoms with Gasteiger partial charge in [0.05, 0.1) is 17.5 Å². The van der Waals surface area contributed by atoms with E-state index in [1.165, 1.54) is 0 Å². The summed E-state index contributed by atoms with van der Waals surface area (Å²) >= 11 is 0. The fourth-order valence-electron chi connectivity index (χ4n) is 3.17. The van der Waals surface area contributed by atoms with Crippen LogP contribution in [0.4, 0.5) is 0 Å². The Balaban J connectivity index is 2.30. The Morgan fingerprint density at radius 3 is 2.43 bits per heavy atom. The number of nitrogens with one attached hydrogen (secondary N) is 1. The molecule has 0 aliphatic heterocycles. The third kappa shape index (κ3) is 3.30. The molecule has 1 aromatic heterocycles. The zero-order chi connectivity index (χ0) is 17.2. The highest BCUT2D eigenvalue weighted by atomic mass is 16.4. The van der Waals surface area contributed by atoms with Gasteiger partial charge in [-0.2, -0.15) is 0 Å². The first kappa shape index (κ1) is 17.2. The normalized spacial score (nSPS) is 14.5. The van der Waals surface area contributed by atoms with Gasteiger partial charge in [0.1, 0.15) is 5.76 Å². The molecule has 0 aromatic carbocycles. The largest absolute Gasteiger partial charge is 0.481 e. The maximum Gasteiger partial charge on any atom is 0.305 e. The van der Waals surface area contributed by atoms with Crippen molar-refractivity contribution in [3.63, 3.8) is 0 Å². The van der Waals surface area contributed by atoms with E-state index in [0.717, 1.165) is 6.42 Å². The first-order chi connectivity index (χ1) is 10.8. The van der Waals surface area contributed by atoms with Crippen LogP contribution in [0.25, 0.3) is 0 Å². The van der Waals surface area contributed by atoms with Crippen LogP contribution in [0.1, 0.15) is 78.2 Å². The van der Waals surface area contributed by atoms with Crippen molar-refractivity contribution in [3.8, 4) is 0 Å². The molecular formula is C17H23NO5. The van der Waals surface area contributed by atoms with Gasteiger partial charge in [-0.3, -0.25) is 14.4 Å². The summed E-state index contributed by atoms with van der Waals surface area (Å²) in [5.41, 5.74) is 0.268. The number of furan rings is 1. The minimum absolute atomic E-state index is 0.00864. The Hall–Kier alpha value is -2.11. The SMILES string of the molecule is CCC(CC)(CC(=O)O)NC(=O)c1oc2c(c1C)C(=O)CCC2. The highest BCUT2D eigenvalue weighted by Gasteiger charge is 2.34. The van der Waals surface area contributed by atoms with E-state index in [1.54, 1.807) is 6.92 Å². The second kappa shape index (κ2) is 6.56. The molecule has 0 fully saturated rings. The highest BCUT2D eigenvalue weighted by Crippen LogP contribution is 2.30. The number of rotatable bonds is 6. The summed E-state index contributed by atoms with van der Waals surface area (Å²) < 4.78 is 5.63. The molecule has 2 rings (SSSR count). The monoisotopic (exact) mass is 321 g/mol. The number of Topliss-reactive ketones (excluding diaryl/α,β-unsaturated/α-hetero) is 1. The van der Waals surface area contributed by atoms with Crippen LogP contribution in [-0.2, 0) is 11.2 Å². The van der Waals surface area contributed by atoms with E-state index in [4.69, 9.17) is 9.52 Å². The van der Waals surface area contributed by atoms with Gasteiger partial charge in [0.25, 0.3) is 5.91 Å². The molecule has 0 spiro atoms. The molecule has 1 aliphatic carbocycles. The fourth-order valence-corrected chi connectivity index (χ4v) is 3.17. The summed E-state index contributed by atoms with van der Waals surface area (Å²) in [6.45, 7) is 5.39. The predicted octanol–water partition coefficient (Wildman–Crippen LogP) is 2.87. The van der Waals surface area contributed by atoms with E-state index in [9.17, 15) is 14.4 Å². The number of ketones is 1. The van der Waals surface area contributed by atoms with Crippen molar-refractivity contribution in [2.24, 2.45) is 0 Å². The smallest absolute Gasteiger partial charge is 0.305 e. The average Bonchev–Trinajstić information content (AvgIpc) is 2.84. The van der Waals surface area contributed by atoms with Crippen molar-refractivity contribution in [1.82, 2.24) is 5.32 Å². The van der Waals surface area contributed by atoms with Gasteiger partial charge in [-0.25, -0.2) is 0 Å². The van der Waals surface area contributed by atoms with Crippen LogP contribution in [-0.4, -0.2) is 28.3 Å². The molecule has 1 heterocycles. The minimum Gasteiger partial charge on any atom is -0.481 e. The van der Waals surface area contributed by atoms with Crippen LogP contribution in [0, 0.1) is 6.92 Å². The standard InChI is InChI=1S/C17H23NO5/c1-4-17(5-2,9-13(20)21)18-16(22)15-10(3)14-11(19)7-6-8-12(14)23-15/h4-9H2,1-3H3,(H,18,22)(H,20,21). The quantitative estimate of drug-likeness (QED) is 0.839. The summed E-state index contributed by atoms with van der Waals surface area (Å²) in [7, 11) is 0. The summed E-state index contributed by atoms with van der Waals surface area (Å²) in [6.07, 6.45) is 2.70. The van der Waals surface area contributed by atoms with Crippen molar-refractivity contribution in [1.29, 1.82) is 0 Å². The maximum atomic E-state index is 12.6.